The molecule has 0 aliphatic carbocycles. The van der Waals surface area contributed by atoms with Crippen molar-refractivity contribution in [3.05, 3.63) is 0 Å². The first-order chi connectivity index (χ1) is 7.17. The molecule has 0 amide bonds. The first-order valence-corrected chi connectivity index (χ1v) is 6.26. The second-order valence-electron chi connectivity index (χ2n) is 4.98. The predicted molar refractivity (Wildman–Crippen MR) is 66.0 cm³/mol. The molecule has 0 radical (unpaired) electrons. The third-order valence-corrected chi connectivity index (χ3v) is 3.77. The van der Waals surface area contributed by atoms with Crippen molar-refractivity contribution < 1.29 is 0 Å². The minimum atomic E-state index is 0.676. The Bertz CT molecular complexity index is 160. The van der Waals surface area contributed by atoms with Crippen LogP contribution in [0.1, 0.15) is 26.2 Å². The van der Waals surface area contributed by atoms with Crippen molar-refractivity contribution in [2.75, 3.05) is 40.3 Å². The molecule has 0 aromatic carbocycles. The van der Waals surface area contributed by atoms with Crippen LogP contribution in [0.3, 0.4) is 0 Å². The van der Waals surface area contributed by atoms with E-state index in [9.17, 15) is 0 Å². The zero-order valence-electron chi connectivity index (χ0n) is 10.6. The Hall–Kier alpha value is -0.120. The van der Waals surface area contributed by atoms with E-state index >= 15 is 0 Å². The van der Waals surface area contributed by atoms with E-state index in [1.54, 1.807) is 0 Å². The van der Waals surface area contributed by atoms with Crippen molar-refractivity contribution in [2.24, 2.45) is 11.7 Å². The monoisotopic (exact) mass is 213 g/mol. The average molecular weight is 213 g/mol. The van der Waals surface area contributed by atoms with Gasteiger partial charge in [0.2, 0.25) is 0 Å². The average Bonchev–Trinajstić information content (AvgIpc) is 2.26. The van der Waals surface area contributed by atoms with E-state index in [0.717, 1.165) is 12.6 Å². The topological polar surface area (TPSA) is 32.5 Å². The Morgan fingerprint density at radius 3 is 2.47 bits per heavy atom. The molecule has 1 aliphatic rings. The van der Waals surface area contributed by atoms with E-state index in [2.05, 4.69) is 30.8 Å². The van der Waals surface area contributed by atoms with Crippen molar-refractivity contribution in [1.29, 1.82) is 0 Å². The molecule has 3 heteroatoms. The van der Waals surface area contributed by atoms with Crippen molar-refractivity contribution >= 4 is 0 Å². The summed E-state index contributed by atoms with van der Waals surface area (Å²) in [5.74, 6) is 0.676. The van der Waals surface area contributed by atoms with E-state index in [0.29, 0.717) is 5.92 Å². The molecule has 0 bridgehead atoms. The van der Waals surface area contributed by atoms with E-state index in [4.69, 9.17) is 5.73 Å². The number of hydrogen-bond donors (Lipinski definition) is 1. The van der Waals surface area contributed by atoms with Crippen molar-refractivity contribution in [3.8, 4) is 0 Å². The molecular weight excluding hydrogens is 186 g/mol. The first-order valence-electron chi connectivity index (χ1n) is 6.26. The fraction of sp³-hybridized carbons (Fsp3) is 1.00. The summed E-state index contributed by atoms with van der Waals surface area (Å²) in [5.41, 5.74) is 5.75. The molecule has 0 aromatic rings. The zero-order chi connectivity index (χ0) is 11.3. The Morgan fingerprint density at radius 2 is 2.00 bits per heavy atom. The molecule has 2 N–H and O–H groups in total. The van der Waals surface area contributed by atoms with Crippen LogP contribution in [0, 0.1) is 5.92 Å². The number of nitrogens with zero attached hydrogens (tertiary/aromatic N) is 2. The van der Waals surface area contributed by atoms with Crippen molar-refractivity contribution in [3.63, 3.8) is 0 Å². The SMILES string of the molecule is CCC(CN)CN(C)C1CCN(C)CC1. The van der Waals surface area contributed by atoms with Crippen LogP contribution in [-0.2, 0) is 0 Å². The van der Waals surface area contributed by atoms with Crippen LogP contribution in [0.2, 0.25) is 0 Å². The number of hydrogen-bond acceptors (Lipinski definition) is 3. The van der Waals surface area contributed by atoms with Gasteiger partial charge in [0.05, 0.1) is 0 Å². The Morgan fingerprint density at radius 1 is 1.40 bits per heavy atom. The van der Waals surface area contributed by atoms with Crippen LogP contribution in [0.5, 0.6) is 0 Å². The third-order valence-electron chi connectivity index (χ3n) is 3.77. The number of nitrogens with two attached hydrogens (primary N) is 1. The van der Waals surface area contributed by atoms with Gasteiger partial charge < -0.3 is 15.5 Å². The molecule has 1 unspecified atom stereocenters. The second kappa shape index (κ2) is 6.46. The predicted octanol–water partition coefficient (Wildman–Crippen LogP) is 0.997. The van der Waals surface area contributed by atoms with E-state index in [1.807, 2.05) is 0 Å². The highest BCUT2D eigenvalue weighted by molar-refractivity contribution is 4.78. The highest BCUT2D eigenvalue weighted by Gasteiger charge is 2.21. The summed E-state index contributed by atoms with van der Waals surface area (Å²) < 4.78 is 0. The van der Waals surface area contributed by atoms with Crippen LogP contribution >= 0.6 is 0 Å². The smallest absolute Gasteiger partial charge is 0.0117 e. The first kappa shape index (κ1) is 12.9. The maximum absolute atomic E-state index is 5.75. The lowest BCUT2D eigenvalue weighted by molar-refractivity contribution is 0.129. The molecule has 0 saturated carbocycles. The summed E-state index contributed by atoms with van der Waals surface area (Å²) in [6.07, 6.45) is 3.83. The fourth-order valence-corrected chi connectivity index (χ4v) is 2.36. The van der Waals surface area contributed by atoms with Gasteiger partial charge in [-0.3, -0.25) is 0 Å². The normalized spacial score (nSPS) is 22.2. The lowest BCUT2D eigenvalue weighted by atomic mass is 10.0. The number of rotatable bonds is 5. The number of piperidine rings is 1. The van der Waals surface area contributed by atoms with Crippen LogP contribution < -0.4 is 5.73 Å². The molecule has 15 heavy (non-hydrogen) atoms. The lowest BCUT2D eigenvalue weighted by Crippen LogP contribution is -2.44. The van der Waals surface area contributed by atoms with Gasteiger partial charge in [0.25, 0.3) is 0 Å². The molecule has 0 spiro atoms. The highest BCUT2D eigenvalue weighted by Crippen LogP contribution is 2.15. The van der Waals surface area contributed by atoms with Crippen LogP contribution in [0.4, 0.5) is 0 Å². The van der Waals surface area contributed by atoms with E-state index < -0.39 is 0 Å². The van der Waals surface area contributed by atoms with Gasteiger partial charge in [0.1, 0.15) is 0 Å². The molecule has 3 nitrogen and oxygen atoms in total. The maximum Gasteiger partial charge on any atom is 0.0117 e. The highest BCUT2D eigenvalue weighted by atomic mass is 15.2. The van der Waals surface area contributed by atoms with Gasteiger partial charge in [0, 0.05) is 12.6 Å². The van der Waals surface area contributed by atoms with Crippen LogP contribution in [0.15, 0.2) is 0 Å². The Balaban J connectivity index is 2.30. The minimum absolute atomic E-state index is 0.676. The van der Waals surface area contributed by atoms with Gasteiger partial charge in [-0.25, -0.2) is 0 Å². The standard InChI is InChI=1S/C12H27N3/c1-4-11(9-13)10-15(3)12-5-7-14(2)8-6-12/h11-12H,4-10,13H2,1-3H3. The van der Waals surface area contributed by atoms with Gasteiger partial charge in [-0.15, -0.1) is 0 Å². The van der Waals surface area contributed by atoms with Crippen molar-refractivity contribution in [2.45, 2.75) is 32.2 Å². The van der Waals surface area contributed by atoms with E-state index in [1.165, 1.54) is 38.9 Å². The van der Waals surface area contributed by atoms with E-state index in [-0.39, 0.29) is 0 Å². The minimum Gasteiger partial charge on any atom is -0.330 e. The molecule has 1 saturated heterocycles. The van der Waals surface area contributed by atoms with Gasteiger partial charge >= 0.3 is 0 Å². The zero-order valence-corrected chi connectivity index (χ0v) is 10.6. The molecule has 1 fully saturated rings. The van der Waals surface area contributed by atoms with Crippen LogP contribution in [-0.4, -0.2) is 56.1 Å². The van der Waals surface area contributed by atoms with Gasteiger partial charge in [-0.2, -0.15) is 0 Å². The molecule has 1 rings (SSSR count). The molecule has 1 aliphatic heterocycles. The lowest BCUT2D eigenvalue weighted by Gasteiger charge is -2.36. The molecular formula is C12H27N3. The Labute approximate surface area is 94.6 Å². The molecule has 90 valence electrons. The number of likely N-dealkylation sites (tertiary alicyclic amines) is 1. The fourth-order valence-electron chi connectivity index (χ4n) is 2.36. The molecule has 1 heterocycles. The van der Waals surface area contributed by atoms with Gasteiger partial charge in [-0.1, -0.05) is 13.3 Å². The largest absolute Gasteiger partial charge is 0.330 e. The van der Waals surface area contributed by atoms with Crippen molar-refractivity contribution in [1.82, 2.24) is 9.80 Å². The summed E-state index contributed by atoms with van der Waals surface area (Å²) in [6, 6.07) is 0.779. The quantitative estimate of drug-likeness (QED) is 0.739. The van der Waals surface area contributed by atoms with Gasteiger partial charge in [-0.05, 0) is 52.5 Å². The summed E-state index contributed by atoms with van der Waals surface area (Å²) >= 11 is 0. The Kier molecular flexibility index (Phi) is 5.58. The molecule has 0 aromatic heterocycles. The maximum atomic E-state index is 5.75. The van der Waals surface area contributed by atoms with Crippen LogP contribution in [0.25, 0.3) is 0 Å². The second-order valence-corrected chi connectivity index (χ2v) is 4.98. The summed E-state index contributed by atoms with van der Waals surface area (Å²) in [7, 11) is 4.47. The summed E-state index contributed by atoms with van der Waals surface area (Å²) in [6.45, 7) is 6.72. The molecule has 1 atom stereocenters. The third kappa shape index (κ3) is 4.09. The summed E-state index contributed by atoms with van der Waals surface area (Å²) in [5, 5.41) is 0. The summed E-state index contributed by atoms with van der Waals surface area (Å²) in [4.78, 5) is 4.94. The van der Waals surface area contributed by atoms with Gasteiger partial charge in [0.15, 0.2) is 0 Å².